The number of unbranched alkanes of at least 4 members (excludes halogenated alkanes) is 1. The SMILES string of the molecule is CCCCN(CC(=O)N1c2ccccc2-n2cccc2C1c1ccc(OC)cc1)C(=O)c1cccc(F)c1. The zero-order valence-electron chi connectivity index (χ0n) is 21.5. The van der Waals surface area contributed by atoms with Crippen LogP contribution in [0, 0.1) is 5.82 Å². The standard InChI is InChI=1S/C31H30FN3O3/c1-3-4-18-33(31(37)23-9-7-10-24(32)20-23)21-29(36)35-27-12-6-5-11-26(27)34-19-8-13-28(34)30(35)22-14-16-25(38-2)17-15-22/h5-17,19-20,30H,3-4,18,21H2,1-2H3. The minimum atomic E-state index is -0.483. The van der Waals surface area contributed by atoms with Gasteiger partial charge in [0.05, 0.1) is 24.2 Å². The van der Waals surface area contributed by atoms with Crippen LogP contribution in [0.2, 0.25) is 0 Å². The highest BCUT2D eigenvalue weighted by molar-refractivity contribution is 6.02. The summed E-state index contributed by atoms with van der Waals surface area (Å²) < 4.78 is 21.4. The van der Waals surface area contributed by atoms with Crippen molar-refractivity contribution in [3.05, 3.63) is 114 Å². The third-order valence-corrected chi connectivity index (χ3v) is 6.89. The van der Waals surface area contributed by atoms with Gasteiger partial charge in [-0.2, -0.15) is 0 Å². The van der Waals surface area contributed by atoms with Crippen LogP contribution in [0.4, 0.5) is 10.1 Å². The lowest BCUT2D eigenvalue weighted by Gasteiger charge is -2.39. The van der Waals surface area contributed by atoms with E-state index < -0.39 is 11.9 Å². The summed E-state index contributed by atoms with van der Waals surface area (Å²) in [6.45, 7) is 2.30. The summed E-state index contributed by atoms with van der Waals surface area (Å²) in [6.07, 6.45) is 3.58. The predicted octanol–water partition coefficient (Wildman–Crippen LogP) is 6.00. The Labute approximate surface area is 221 Å². The Morgan fingerprint density at radius 3 is 2.42 bits per heavy atom. The van der Waals surface area contributed by atoms with Gasteiger partial charge < -0.3 is 14.2 Å². The van der Waals surface area contributed by atoms with Crippen LogP contribution in [0.3, 0.4) is 0 Å². The van der Waals surface area contributed by atoms with Gasteiger partial charge in [-0.15, -0.1) is 0 Å². The van der Waals surface area contributed by atoms with Crippen LogP contribution in [0.15, 0.2) is 91.1 Å². The molecule has 0 bridgehead atoms. The molecule has 0 radical (unpaired) electrons. The fourth-order valence-electron chi connectivity index (χ4n) is 5.01. The zero-order chi connectivity index (χ0) is 26.6. The van der Waals surface area contributed by atoms with E-state index in [0.717, 1.165) is 41.2 Å². The molecule has 2 amide bonds. The molecule has 4 aromatic rings. The van der Waals surface area contributed by atoms with Gasteiger partial charge in [0.25, 0.3) is 5.91 Å². The quantitative estimate of drug-likeness (QED) is 0.291. The maximum Gasteiger partial charge on any atom is 0.254 e. The molecule has 0 spiro atoms. The number of fused-ring (bicyclic) bond motifs is 3. The van der Waals surface area contributed by atoms with Gasteiger partial charge in [-0.05, 0) is 66.6 Å². The highest BCUT2D eigenvalue weighted by Gasteiger charge is 2.37. The number of carbonyl (C=O) groups excluding carboxylic acids is 2. The Balaban J connectivity index is 1.55. The van der Waals surface area contributed by atoms with Crippen molar-refractivity contribution in [3.8, 4) is 11.4 Å². The largest absolute Gasteiger partial charge is 0.497 e. The Kier molecular flexibility index (Phi) is 7.26. The van der Waals surface area contributed by atoms with E-state index in [-0.39, 0.29) is 23.9 Å². The third kappa shape index (κ3) is 4.79. The van der Waals surface area contributed by atoms with Crippen molar-refractivity contribution in [2.75, 3.05) is 25.1 Å². The first-order valence-electron chi connectivity index (χ1n) is 12.8. The maximum absolute atomic E-state index is 14.2. The Morgan fingerprint density at radius 1 is 0.947 bits per heavy atom. The van der Waals surface area contributed by atoms with Crippen molar-refractivity contribution in [3.63, 3.8) is 0 Å². The smallest absolute Gasteiger partial charge is 0.254 e. The minimum Gasteiger partial charge on any atom is -0.497 e. The lowest BCUT2D eigenvalue weighted by Crippen LogP contribution is -2.47. The summed E-state index contributed by atoms with van der Waals surface area (Å²) in [7, 11) is 1.62. The Hall–Kier alpha value is -4.39. The molecule has 1 atom stereocenters. The number of anilines is 1. The lowest BCUT2D eigenvalue weighted by atomic mass is 9.97. The average molecular weight is 512 g/mol. The number of methoxy groups -OCH3 is 1. The van der Waals surface area contributed by atoms with E-state index >= 15 is 0 Å². The molecular formula is C31H30FN3O3. The summed E-state index contributed by atoms with van der Waals surface area (Å²) in [5.41, 5.74) is 3.75. The van der Waals surface area contributed by atoms with Crippen molar-refractivity contribution in [2.45, 2.75) is 25.8 Å². The molecule has 1 aromatic heterocycles. The van der Waals surface area contributed by atoms with E-state index in [9.17, 15) is 14.0 Å². The second-order valence-corrected chi connectivity index (χ2v) is 9.32. The number of carbonyl (C=O) groups is 2. The Morgan fingerprint density at radius 2 is 1.71 bits per heavy atom. The molecule has 0 fully saturated rings. The van der Waals surface area contributed by atoms with Crippen molar-refractivity contribution in [1.82, 2.24) is 9.47 Å². The first-order chi connectivity index (χ1) is 18.5. The van der Waals surface area contributed by atoms with Gasteiger partial charge >= 0.3 is 0 Å². The number of aromatic nitrogens is 1. The number of hydrogen-bond acceptors (Lipinski definition) is 3. The predicted molar refractivity (Wildman–Crippen MR) is 145 cm³/mol. The molecular weight excluding hydrogens is 481 g/mol. The summed E-state index contributed by atoms with van der Waals surface area (Å²) in [5, 5.41) is 0. The number of rotatable bonds is 8. The minimum absolute atomic E-state index is 0.128. The van der Waals surface area contributed by atoms with E-state index in [0.29, 0.717) is 6.54 Å². The number of halogens is 1. The molecule has 38 heavy (non-hydrogen) atoms. The first kappa shape index (κ1) is 25.3. The first-order valence-corrected chi connectivity index (χ1v) is 12.8. The highest BCUT2D eigenvalue weighted by Crippen LogP contribution is 2.42. The van der Waals surface area contributed by atoms with Crippen LogP contribution >= 0.6 is 0 Å². The van der Waals surface area contributed by atoms with E-state index in [1.807, 2.05) is 73.8 Å². The van der Waals surface area contributed by atoms with Crippen molar-refractivity contribution < 1.29 is 18.7 Å². The van der Waals surface area contributed by atoms with Crippen LogP contribution in [-0.2, 0) is 4.79 Å². The Bertz CT molecular complexity index is 1450. The number of benzene rings is 3. The molecule has 6 nitrogen and oxygen atoms in total. The van der Waals surface area contributed by atoms with Gasteiger partial charge in [-0.25, -0.2) is 4.39 Å². The third-order valence-electron chi connectivity index (χ3n) is 6.89. The van der Waals surface area contributed by atoms with Gasteiger partial charge in [-0.1, -0.05) is 43.7 Å². The lowest BCUT2D eigenvalue weighted by molar-refractivity contribution is -0.119. The highest BCUT2D eigenvalue weighted by atomic mass is 19.1. The van der Waals surface area contributed by atoms with Crippen LogP contribution < -0.4 is 9.64 Å². The summed E-state index contributed by atoms with van der Waals surface area (Å²) >= 11 is 0. The topological polar surface area (TPSA) is 54.8 Å². The van der Waals surface area contributed by atoms with Gasteiger partial charge in [-0.3, -0.25) is 14.5 Å². The molecule has 0 aliphatic carbocycles. The summed E-state index contributed by atoms with van der Waals surface area (Å²) in [6, 6.07) is 24.6. The molecule has 1 aliphatic rings. The number of ether oxygens (including phenoxy) is 1. The summed E-state index contributed by atoms with van der Waals surface area (Å²) in [5.74, 6) is -0.333. The summed E-state index contributed by atoms with van der Waals surface area (Å²) in [4.78, 5) is 30.9. The molecule has 1 unspecified atom stereocenters. The van der Waals surface area contributed by atoms with Gasteiger partial charge in [0.1, 0.15) is 24.2 Å². The zero-order valence-corrected chi connectivity index (χ0v) is 21.5. The van der Waals surface area contributed by atoms with Crippen molar-refractivity contribution in [1.29, 1.82) is 0 Å². The average Bonchev–Trinajstić information content (AvgIpc) is 3.44. The number of para-hydroxylation sites is 2. The van der Waals surface area contributed by atoms with Gasteiger partial charge in [0.15, 0.2) is 0 Å². The molecule has 0 saturated heterocycles. The van der Waals surface area contributed by atoms with E-state index in [2.05, 4.69) is 4.57 Å². The molecule has 2 heterocycles. The van der Waals surface area contributed by atoms with Crippen molar-refractivity contribution in [2.24, 2.45) is 0 Å². The molecule has 194 valence electrons. The van der Waals surface area contributed by atoms with Crippen LogP contribution in [0.1, 0.15) is 47.4 Å². The fraction of sp³-hybridized carbons (Fsp3) is 0.226. The molecule has 5 rings (SSSR count). The second-order valence-electron chi connectivity index (χ2n) is 9.32. The van der Waals surface area contributed by atoms with E-state index in [1.165, 1.54) is 23.1 Å². The number of hydrogen-bond donors (Lipinski definition) is 0. The van der Waals surface area contributed by atoms with Crippen LogP contribution in [0.25, 0.3) is 5.69 Å². The monoisotopic (exact) mass is 511 g/mol. The van der Waals surface area contributed by atoms with Crippen LogP contribution in [0.5, 0.6) is 5.75 Å². The molecule has 3 aromatic carbocycles. The molecule has 0 N–H and O–H groups in total. The van der Waals surface area contributed by atoms with E-state index in [4.69, 9.17) is 4.74 Å². The number of nitrogens with zero attached hydrogens (tertiary/aromatic N) is 3. The molecule has 7 heteroatoms. The molecule has 0 saturated carbocycles. The van der Waals surface area contributed by atoms with E-state index in [1.54, 1.807) is 18.1 Å². The maximum atomic E-state index is 14.2. The normalized spacial score (nSPS) is 14.0. The van der Waals surface area contributed by atoms with Crippen LogP contribution in [-0.4, -0.2) is 41.5 Å². The molecule has 1 aliphatic heterocycles. The second kappa shape index (κ2) is 10.9. The van der Waals surface area contributed by atoms with Gasteiger partial charge in [0, 0.05) is 18.3 Å². The number of amides is 2. The van der Waals surface area contributed by atoms with Crippen molar-refractivity contribution >= 4 is 17.5 Å². The van der Waals surface area contributed by atoms with Gasteiger partial charge in [0.2, 0.25) is 5.91 Å². The fourth-order valence-corrected chi connectivity index (χ4v) is 5.01.